The van der Waals surface area contributed by atoms with Gasteiger partial charge in [0.15, 0.2) is 0 Å². The van der Waals surface area contributed by atoms with Gasteiger partial charge in [-0.1, -0.05) is 29.8 Å². The molecule has 0 fully saturated rings. The molecule has 0 N–H and O–H groups in total. The first-order valence-corrected chi connectivity index (χ1v) is 6.19. The molecular weight excluding hydrogens is 256 g/mol. The van der Waals surface area contributed by atoms with Crippen molar-refractivity contribution in [2.75, 3.05) is 6.61 Å². The molecule has 1 aromatic heterocycles. The molecule has 0 aliphatic carbocycles. The van der Waals surface area contributed by atoms with E-state index in [1.165, 1.54) is 0 Å². The zero-order chi connectivity index (χ0) is 11.3. The van der Waals surface area contributed by atoms with Crippen LogP contribution in [0.25, 0.3) is 0 Å². The molecule has 1 rings (SSSR count). The second-order valence-corrected chi connectivity index (χ2v) is 4.85. The maximum Gasteiger partial charge on any atom is 0.216 e. The second-order valence-electron chi connectivity index (χ2n) is 3.41. The van der Waals surface area contributed by atoms with Crippen LogP contribution in [-0.4, -0.2) is 21.4 Å². The monoisotopic (exact) mass is 272 g/mol. The largest absolute Gasteiger partial charge is 0.478 e. The fourth-order valence-corrected chi connectivity index (χ4v) is 2.20. The summed E-state index contributed by atoms with van der Waals surface area (Å²) < 4.78 is 5.35. The van der Waals surface area contributed by atoms with E-state index in [2.05, 4.69) is 39.7 Å². The first-order chi connectivity index (χ1) is 7.19. The van der Waals surface area contributed by atoms with E-state index in [1.807, 2.05) is 13.0 Å². The minimum absolute atomic E-state index is 0.409. The van der Waals surface area contributed by atoms with Gasteiger partial charge in [-0.2, -0.15) is 0 Å². The number of nitrogens with zero attached hydrogens (tertiary/aromatic N) is 2. The molecule has 0 spiro atoms. The summed E-state index contributed by atoms with van der Waals surface area (Å²) in [5, 5.41) is 0. The summed E-state index contributed by atoms with van der Waals surface area (Å²) in [5.74, 6) is 1.07. The normalized spacial score (nSPS) is 14.7. The lowest BCUT2D eigenvalue weighted by Gasteiger charge is -2.17. The highest BCUT2D eigenvalue weighted by molar-refractivity contribution is 9.09. The van der Waals surface area contributed by atoms with Gasteiger partial charge >= 0.3 is 0 Å². The summed E-state index contributed by atoms with van der Waals surface area (Å²) in [7, 11) is 0. The maximum absolute atomic E-state index is 5.35. The molecule has 0 aliphatic rings. The summed E-state index contributed by atoms with van der Waals surface area (Å²) >= 11 is 3.60. The first kappa shape index (κ1) is 12.4. The van der Waals surface area contributed by atoms with E-state index in [4.69, 9.17) is 4.74 Å². The van der Waals surface area contributed by atoms with Crippen molar-refractivity contribution in [2.45, 2.75) is 37.9 Å². The topological polar surface area (TPSA) is 35.0 Å². The third-order valence-electron chi connectivity index (χ3n) is 2.33. The molecule has 1 aromatic rings. The van der Waals surface area contributed by atoms with Crippen LogP contribution < -0.4 is 4.74 Å². The van der Waals surface area contributed by atoms with Gasteiger partial charge in [-0.15, -0.1) is 0 Å². The van der Waals surface area contributed by atoms with E-state index in [-0.39, 0.29) is 0 Å². The van der Waals surface area contributed by atoms with Crippen molar-refractivity contribution in [2.24, 2.45) is 0 Å². The molecule has 0 amide bonds. The van der Waals surface area contributed by atoms with Crippen molar-refractivity contribution in [1.82, 2.24) is 9.97 Å². The molecule has 0 aliphatic heterocycles. The molecule has 4 heteroatoms. The summed E-state index contributed by atoms with van der Waals surface area (Å²) in [6.07, 6.45) is 2.62. The van der Waals surface area contributed by atoms with Gasteiger partial charge in [0.2, 0.25) is 5.88 Å². The Kier molecular flexibility index (Phi) is 5.02. The molecule has 0 radical (unpaired) electrons. The molecule has 15 heavy (non-hydrogen) atoms. The van der Waals surface area contributed by atoms with Crippen molar-refractivity contribution >= 4 is 15.9 Å². The fourth-order valence-electron chi connectivity index (χ4n) is 1.55. The van der Waals surface area contributed by atoms with E-state index in [9.17, 15) is 0 Å². The highest BCUT2D eigenvalue weighted by atomic mass is 79.9. The van der Waals surface area contributed by atoms with Crippen LogP contribution in [0, 0.1) is 0 Å². The van der Waals surface area contributed by atoms with Gasteiger partial charge in [0.05, 0.1) is 12.3 Å². The second kappa shape index (κ2) is 6.05. The maximum atomic E-state index is 5.35. The smallest absolute Gasteiger partial charge is 0.216 e. The SMILES string of the molecule is CCOc1cc(C(CC)C(C)Br)ncn1. The quantitative estimate of drug-likeness (QED) is 0.773. The van der Waals surface area contributed by atoms with Gasteiger partial charge in [-0.25, -0.2) is 9.97 Å². The lowest BCUT2D eigenvalue weighted by molar-refractivity contribution is 0.325. The van der Waals surface area contributed by atoms with Gasteiger partial charge in [0, 0.05) is 16.8 Å². The van der Waals surface area contributed by atoms with Crippen molar-refractivity contribution in [3.05, 3.63) is 18.1 Å². The Morgan fingerprint density at radius 2 is 2.13 bits per heavy atom. The summed E-state index contributed by atoms with van der Waals surface area (Å²) in [6, 6.07) is 1.93. The predicted molar refractivity (Wildman–Crippen MR) is 64.6 cm³/mol. The third-order valence-corrected chi connectivity index (χ3v) is 2.97. The van der Waals surface area contributed by atoms with Crippen LogP contribution in [0.1, 0.15) is 38.8 Å². The van der Waals surface area contributed by atoms with Crippen LogP contribution in [0.15, 0.2) is 12.4 Å². The van der Waals surface area contributed by atoms with Crippen molar-refractivity contribution in [3.8, 4) is 5.88 Å². The minimum Gasteiger partial charge on any atom is -0.478 e. The number of alkyl halides is 1. The van der Waals surface area contributed by atoms with Gasteiger partial charge in [0.1, 0.15) is 6.33 Å². The average Bonchev–Trinajstić information content (AvgIpc) is 2.19. The number of aromatic nitrogens is 2. The van der Waals surface area contributed by atoms with Crippen LogP contribution in [-0.2, 0) is 0 Å². The van der Waals surface area contributed by atoms with E-state index in [0.29, 0.717) is 23.2 Å². The Bertz CT molecular complexity index is 304. The predicted octanol–water partition coefficient (Wildman–Crippen LogP) is 3.15. The van der Waals surface area contributed by atoms with Crippen LogP contribution in [0.2, 0.25) is 0 Å². The number of hydrogen-bond acceptors (Lipinski definition) is 3. The summed E-state index contributed by atoms with van der Waals surface area (Å²) in [4.78, 5) is 8.76. The zero-order valence-electron chi connectivity index (χ0n) is 9.40. The Morgan fingerprint density at radius 1 is 1.40 bits per heavy atom. The van der Waals surface area contributed by atoms with E-state index >= 15 is 0 Å². The molecule has 0 saturated heterocycles. The molecule has 2 atom stereocenters. The van der Waals surface area contributed by atoms with Crippen LogP contribution in [0.3, 0.4) is 0 Å². The molecule has 3 nitrogen and oxygen atoms in total. The van der Waals surface area contributed by atoms with E-state index < -0.39 is 0 Å². The first-order valence-electron chi connectivity index (χ1n) is 5.27. The van der Waals surface area contributed by atoms with Gasteiger partial charge in [-0.3, -0.25) is 0 Å². The lowest BCUT2D eigenvalue weighted by Crippen LogP contribution is -2.10. The summed E-state index contributed by atoms with van der Waals surface area (Å²) in [6.45, 7) is 6.88. The van der Waals surface area contributed by atoms with E-state index in [0.717, 1.165) is 12.1 Å². The molecule has 0 saturated carbocycles. The summed E-state index contributed by atoms with van der Waals surface area (Å²) in [5.41, 5.74) is 1.04. The lowest BCUT2D eigenvalue weighted by atomic mass is 9.99. The van der Waals surface area contributed by atoms with Gasteiger partial charge in [-0.05, 0) is 13.3 Å². The van der Waals surface area contributed by atoms with Crippen molar-refractivity contribution in [1.29, 1.82) is 0 Å². The molecule has 0 aromatic carbocycles. The zero-order valence-corrected chi connectivity index (χ0v) is 11.0. The Hall–Kier alpha value is -0.640. The Labute approximate surface area is 99.4 Å². The number of ether oxygens (including phenoxy) is 1. The van der Waals surface area contributed by atoms with E-state index in [1.54, 1.807) is 6.33 Å². The molecule has 0 bridgehead atoms. The van der Waals surface area contributed by atoms with Crippen LogP contribution >= 0.6 is 15.9 Å². The van der Waals surface area contributed by atoms with Gasteiger partial charge in [0.25, 0.3) is 0 Å². The van der Waals surface area contributed by atoms with Crippen LogP contribution in [0.5, 0.6) is 5.88 Å². The van der Waals surface area contributed by atoms with Crippen molar-refractivity contribution < 1.29 is 4.74 Å². The van der Waals surface area contributed by atoms with Gasteiger partial charge < -0.3 is 4.74 Å². The molecule has 2 unspecified atom stereocenters. The molecule has 1 heterocycles. The Morgan fingerprint density at radius 3 is 2.67 bits per heavy atom. The van der Waals surface area contributed by atoms with Crippen molar-refractivity contribution in [3.63, 3.8) is 0 Å². The average molecular weight is 273 g/mol. The standard InChI is InChI=1S/C11H17BrN2O/c1-4-9(8(3)12)10-6-11(15-5-2)14-7-13-10/h6-9H,4-5H2,1-3H3. The highest BCUT2D eigenvalue weighted by Crippen LogP contribution is 2.27. The third kappa shape index (κ3) is 3.45. The minimum atomic E-state index is 0.409. The Balaban J connectivity index is 2.87. The van der Waals surface area contributed by atoms with Crippen LogP contribution in [0.4, 0.5) is 0 Å². The number of halogens is 1. The number of rotatable bonds is 5. The number of hydrogen-bond donors (Lipinski definition) is 0. The molecular formula is C11H17BrN2O. The molecule has 84 valence electrons. The highest BCUT2D eigenvalue weighted by Gasteiger charge is 2.17. The fraction of sp³-hybridized carbons (Fsp3) is 0.636.